The molecule has 1 heterocycles. The maximum Gasteiger partial charge on any atom is 0.0254 e. The van der Waals surface area contributed by atoms with Gasteiger partial charge in [-0.25, -0.2) is 0 Å². The lowest BCUT2D eigenvalue weighted by molar-refractivity contribution is 0.199. The fourth-order valence-corrected chi connectivity index (χ4v) is 2.52. The van der Waals surface area contributed by atoms with Crippen LogP contribution in [0.4, 0.5) is 0 Å². The smallest absolute Gasteiger partial charge is 0.0254 e. The van der Waals surface area contributed by atoms with Gasteiger partial charge in [-0.05, 0) is 32.0 Å². The summed E-state index contributed by atoms with van der Waals surface area (Å²) in [6.07, 6.45) is 0. The van der Waals surface area contributed by atoms with E-state index in [9.17, 15) is 0 Å². The van der Waals surface area contributed by atoms with E-state index in [1.165, 1.54) is 13.1 Å². The molecule has 1 aliphatic rings. The zero-order valence-electron chi connectivity index (χ0n) is 11.0. The summed E-state index contributed by atoms with van der Waals surface area (Å²) in [7, 11) is 4.36. The molecule has 90 valence electrons. The molecule has 0 aliphatic carbocycles. The molecule has 2 atom stereocenters. The molecule has 0 radical (unpaired) electrons. The summed E-state index contributed by atoms with van der Waals surface area (Å²) in [6, 6.07) is 0.707. The highest BCUT2D eigenvalue weighted by atomic mass is 15.2. The number of nitrogens with zero attached hydrogens (tertiary/aromatic N) is 2. The van der Waals surface area contributed by atoms with Gasteiger partial charge >= 0.3 is 0 Å². The average molecular weight is 213 g/mol. The molecule has 0 aromatic rings. The summed E-state index contributed by atoms with van der Waals surface area (Å²) in [5.74, 6) is 0.772. The van der Waals surface area contributed by atoms with Gasteiger partial charge in [0, 0.05) is 25.7 Å². The van der Waals surface area contributed by atoms with E-state index >= 15 is 0 Å². The van der Waals surface area contributed by atoms with Gasteiger partial charge in [0.2, 0.25) is 0 Å². The molecule has 0 saturated carbocycles. The highest BCUT2D eigenvalue weighted by molar-refractivity contribution is 4.89. The third-order valence-electron chi connectivity index (χ3n) is 3.52. The van der Waals surface area contributed by atoms with Crippen LogP contribution in [0.1, 0.15) is 20.8 Å². The molecule has 0 bridgehead atoms. The molecule has 0 spiro atoms. The molecule has 3 nitrogen and oxygen atoms in total. The zero-order valence-corrected chi connectivity index (χ0v) is 11.0. The molecular weight excluding hydrogens is 186 g/mol. The maximum absolute atomic E-state index is 5.78. The molecule has 1 aliphatic heterocycles. The van der Waals surface area contributed by atoms with Crippen molar-refractivity contribution in [3.05, 3.63) is 0 Å². The van der Waals surface area contributed by atoms with Crippen molar-refractivity contribution in [1.82, 2.24) is 9.80 Å². The Balaban J connectivity index is 2.48. The van der Waals surface area contributed by atoms with Gasteiger partial charge in [0.15, 0.2) is 0 Å². The molecule has 0 aromatic heterocycles. The van der Waals surface area contributed by atoms with Crippen molar-refractivity contribution < 1.29 is 0 Å². The number of likely N-dealkylation sites (N-methyl/N-ethyl adjacent to an activating group) is 1. The van der Waals surface area contributed by atoms with Crippen LogP contribution < -0.4 is 5.73 Å². The largest absolute Gasteiger partial charge is 0.330 e. The average Bonchev–Trinajstić information content (AvgIpc) is 2.46. The van der Waals surface area contributed by atoms with Gasteiger partial charge in [-0.2, -0.15) is 0 Å². The molecular formula is C12H27N3. The Morgan fingerprint density at radius 3 is 2.33 bits per heavy atom. The second-order valence-electron chi connectivity index (χ2n) is 6.07. The fraction of sp³-hybridized carbons (Fsp3) is 1.00. The summed E-state index contributed by atoms with van der Waals surface area (Å²) >= 11 is 0. The van der Waals surface area contributed by atoms with E-state index in [1.54, 1.807) is 0 Å². The van der Waals surface area contributed by atoms with Gasteiger partial charge in [0.25, 0.3) is 0 Å². The van der Waals surface area contributed by atoms with Crippen LogP contribution in [-0.2, 0) is 0 Å². The molecule has 3 heteroatoms. The summed E-state index contributed by atoms with van der Waals surface area (Å²) in [5.41, 5.74) is 6.03. The minimum Gasteiger partial charge on any atom is -0.330 e. The van der Waals surface area contributed by atoms with Crippen LogP contribution in [0, 0.1) is 11.3 Å². The Morgan fingerprint density at radius 2 is 1.93 bits per heavy atom. The Hall–Kier alpha value is -0.120. The van der Waals surface area contributed by atoms with Crippen LogP contribution >= 0.6 is 0 Å². The van der Waals surface area contributed by atoms with Crippen LogP contribution in [0.2, 0.25) is 0 Å². The lowest BCUT2D eigenvalue weighted by atomic mass is 9.93. The Bertz CT molecular complexity index is 201. The highest BCUT2D eigenvalue weighted by Gasteiger charge is 2.33. The van der Waals surface area contributed by atoms with Crippen LogP contribution in [0.3, 0.4) is 0 Å². The number of hydrogen-bond donors (Lipinski definition) is 1. The monoisotopic (exact) mass is 213 g/mol. The zero-order chi connectivity index (χ0) is 11.6. The Morgan fingerprint density at radius 1 is 1.33 bits per heavy atom. The minimum absolute atomic E-state index is 0.251. The molecule has 1 saturated heterocycles. The summed E-state index contributed by atoms with van der Waals surface area (Å²) in [5, 5.41) is 0. The number of nitrogens with two attached hydrogens (primary N) is 1. The standard InChI is InChI=1S/C12H27N3/c1-10-6-15(7-11(10)14(4)5)9-12(2,3)8-13/h10-11H,6-9,13H2,1-5H3. The lowest BCUT2D eigenvalue weighted by Crippen LogP contribution is -2.39. The van der Waals surface area contributed by atoms with Crippen molar-refractivity contribution in [3.8, 4) is 0 Å². The van der Waals surface area contributed by atoms with Crippen LogP contribution in [0.15, 0.2) is 0 Å². The lowest BCUT2D eigenvalue weighted by Gasteiger charge is -2.29. The summed E-state index contributed by atoms with van der Waals surface area (Å²) in [4.78, 5) is 4.91. The molecule has 2 N–H and O–H groups in total. The molecule has 2 unspecified atom stereocenters. The van der Waals surface area contributed by atoms with E-state index in [2.05, 4.69) is 44.7 Å². The maximum atomic E-state index is 5.78. The van der Waals surface area contributed by atoms with Crippen molar-refractivity contribution in [3.63, 3.8) is 0 Å². The van der Waals surface area contributed by atoms with Gasteiger partial charge in [0.1, 0.15) is 0 Å². The summed E-state index contributed by atoms with van der Waals surface area (Å²) < 4.78 is 0. The first-order valence-electron chi connectivity index (χ1n) is 5.94. The van der Waals surface area contributed by atoms with E-state index in [0.717, 1.165) is 19.0 Å². The number of likely N-dealkylation sites (tertiary alicyclic amines) is 1. The number of hydrogen-bond acceptors (Lipinski definition) is 3. The fourth-order valence-electron chi connectivity index (χ4n) is 2.52. The van der Waals surface area contributed by atoms with Crippen molar-refractivity contribution in [1.29, 1.82) is 0 Å². The van der Waals surface area contributed by atoms with Gasteiger partial charge in [0.05, 0.1) is 0 Å². The molecule has 1 rings (SSSR count). The SMILES string of the molecule is CC1CN(CC(C)(C)CN)CC1N(C)C. The normalized spacial score (nSPS) is 29.0. The predicted octanol–water partition coefficient (Wildman–Crippen LogP) is 0.853. The Labute approximate surface area is 94.6 Å². The van der Waals surface area contributed by atoms with Gasteiger partial charge in [-0.3, -0.25) is 0 Å². The second-order valence-corrected chi connectivity index (χ2v) is 6.07. The van der Waals surface area contributed by atoms with Gasteiger partial charge in [-0.15, -0.1) is 0 Å². The van der Waals surface area contributed by atoms with Crippen LogP contribution in [0.5, 0.6) is 0 Å². The first-order chi connectivity index (χ1) is 6.85. The van der Waals surface area contributed by atoms with E-state index < -0.39 is 0 Å². The summed E-state index contributed by atoms with van der Waals surface area (Å²) in [6.45, 7) is 11.1. The molecule has 0 amide bonds. The van der Waals surface area contributed by atoms with Crippen molar-refractivity contribution >= 4 is 0 Å². The van der Waals surface area contributed by atoms with E-state index in [0.29, 0.717) is 6.04 Å². The van der Waals surface area contributed by atoms with E-state index in [1.807, 2.05) is 0 Å². The Kier molecular flexibility index (Phi) is 4.15. The predicted molar refractivity (Wildman–Crippen MR) is 65.9 cm³/mol. The van der Waals surface area contributed by atoms with Gasteiger partial charge in [-0.1, -0.05) is 20.8 Å². The third-order valence-corrected chi connectivity index (χ3v) is 3.52. The topological polar surface area (TPSA) is 32.5 Å². The molecule has 15 heavy (non-hydrogen) atoms. The molecule has 0 aromatic carbocycles. The number of rotatable bonds is 4. The first-order valence-corrected chi connectivity index (χ1v) is 5.94. The third kappa shape index (κ3) is 3.44. The van der Waals surface area contributed by atoms with Gasteiger partial charge < -0.3 is 15.5 Å². The van der Waals surface area contributed by atoms with Crippen LogP contribution in [-0.4, -0.2) is 56.1 Å². The van der Waals surface area contributed by atoms with Crippen molar-refractivity contribution in [2.45, 2.75) is 26.8 Å². The second kappa shape index (κ2) is 4.81. The van der Waals surface area contributed by atoms with E-state index in [4.69, 9.17) is 5.73 Å². The van der Waals surface area contributed by atoms with E-state index in [-0.39, 0.29) is 5.41 Å². The van der Waals surface area contributed by atoms with Crippen LogP contribution in [0.25, 0.3) is 0 Å². The minimum atomic E-state index is 0.251. The first kappa shape index (κ1) is 12.9. The van der Waals surface area contributed by atoms with Crippen molar-refractivity contribution in [2.24, 2.45) is 17.1 Å². The molecule has 1 fully saturated rings. The highest BCUT2D eigenvalue weighted by Crippen LogP contribution is 2.24. The van der Waals surface area contributed by atoms with Crippen molar-refractivity contribution in [2.75, 3.05) is 40.3 Å². The quantitative estimate of drug-likeness (QED) is 0.751.